The predicted octanol–water partition coefficient (Wildman–Crippen LogP) is 2.72. The van der Waals surface area contributed by atoms with Gasteiger partial charge in [0.2, 0.25) is 5.91 Å². The number of carbonyl (C=O) groups excluding carboxylic acids is 1. The Morgan fingerprint density at radius 1 is 1.56 bits per heavy atom. The number of hydrogen-bond acceptors (Lipinski definition) is 3. The Bertz CT molecular complexity index is 405. The molecular formula is C11H13BrN2OS. The predicted molar refractivity (Wildman–Crippen MR) is 72.6 cm³/mol. The molecule has 1 atom stereocenters. The fourth-order valence-corrected chi connectivity index (χ4v) is 3.22. The van der Waals surface area contributed by atoms with Crippen LogP contribution in [0.5, 0.6) is 0 Å². The molecule has 0 saturated carbocycles. The topological polar surface area (TPSA) is 55.1 Å². The summed E-state index contributed by atoms with van der Waals surface area (Å²) in [5.74, 6) is 2.21. The Morgan fingerprint density at radius 2 is 2.38 bits per heavy atom. The summed E-state index contributed by atoms with van der Waals surface area (Å²) < 4.78 is 0.916. The van der Waals surface area contributed by atoms with Crippen molar-refractivity contribution in [2.75, 3.05) is 22.6 Å². The molecule has 1 aromatic rings. The third kappa shape index (κ3) is 2.71. The van der Waals surface area contributed by atoms with Crippen LogP contribution in [0.3, 0.4) is 0 Å². The van der Waals surface area contributed by atoms with Crippen LogP contribution in [0.4, 0.5) is 11.4 Å². The average molecular weight is 301 g/mol. The highest BCUT2D eigenvalue weighted by Crippen LogP contribution is 2.27. The van der Waals surface area contributed by atoms with Crippen LogP contribution in [0.2, 0.25) is 0 Å². The van der Waals surface area contributed by atoms with Gasteiger partial charge in [0.25, 0.3) is 0 Å². The summed E-state index contributed by atoms with van der Waals surface area (Å²) in [6, 6.07) is 5.48. The summed E-state index contributed by atoms with van der Waals surface area (Å²) in [7, 11) is 0. The second-order valence-corrected chi connectivity index (χ2v) is 5.85. The van der Waals surface area contributed by atoms with E-state index < -0.39 is 0 Å². The van der Waals surface area contributed by atoms with Crippen molar-refractivity contribution in [3.63, 3.8) is 0 Å². The van der Waals surface area contributed by atoms with Gasteiger partial charge in [-0.1, -0.05) is 15.9 Å². The number of thioether (sulfide) groups is 1. The molecule has 1 saturated heterocycles. The van der Waals surface area contributed by atoms with Crippen LogP contribution >= 0.6 is 27.7 Å². The first-order valence-corrected chi connectivity index (χ1v) is 7.05. The van der Waals surface area contributed by atoms with E-state index in [4.69, 9.17) is 5.73 Å². The molecule has 3 nitrogen and oxygen atoms in total. The highest BCUT2D eigenvalue weighted by atomic mass is 79.9. The minimum Gasteiger partial charge on any atom is -0.397 e. The van der Waals surface area contributed by atoms with Crippen molar-refractivity contribution >= 4 is 45.0 Å². The van der Waals surface area contributed by atoms with Gasteiger partial charge in [-0.3, -0.25) is 4.79 Å². The smallest absolute Gasteiger partial charge is 0.228 e. The molecule has 0 spiro atoms. The maximum atomic E-state index is 11.9. The van der Waals surface area contributed by atoms with Gasteiger partial charge < -0.3 is 11.1 Å². The SMILES string of the molecule is Nc1cc(Br)ccc1NC(=O)C1CCSC1. The van der Waals surface area contributed by atoms with Gasteiger partial charge in [0.05, 0.1) is 11.4 Å². The molecule has 5 heteroatoms. The molecule has 3 N–H and O–H groups in total. The number of halogens is 1. The van der Waals surface area contributed by atoms with E-state index in [1.807, 2.05) is 23.9 Å². The molecule has 0 aliphatic carbocycles. The highest BCUT2D eigenvalue weighted by molar-refractivity contribution is 9.10. The number of carbonyl (C=O) groups is 1. The van der Waals surface area contributed by atoms with Crippen LogP contribution in [0.25, 0.3) is 0 Å². The summed E-state index contributed by atoms with van der Waals surface area (Å²) >= 11 is 5.16. The molecule has 0 bridgehead atoms. The lowest BCUT2D eigenvalue weighted by molar-refractivity contribution is -0.119. The quantitative estimate of drug-likeness (QED) is 0.826. The Balaban J connectivity index is 2.05. The van der Waals surface area contributed by atoms with Crippen molar-refractivity contribution in [2.24, 2.45) is 5.92 Å². The monoisotopic (exact) mass is 300 g/mol. The lowest BCUT2D eigenvalue weighted by Crippen LogP contribution is -2.22. The van der Waals surface area contributed by atoms with Crippen molar-refractivity contribution in [1.82, 2.24) is 0 Å². The van der Waals surface area contributed by atoms with Gasteiger partial charge in [-0.2, -0.15) is 11.8 Å². The number of amides is 1. The molecule has 2 rings (SSSR count). The number of benzene rings is 1. The Morgan fingerprint density at radius 3 is 3.00 bits per heavy atom. The van der Waals surface area contributed by atoms with Crippen molar-refractivity contribution in [2.45, 2.75) is 6.42 Å². The molecule has 1 amide bonds. The number of nitrogens with two attached hydrogens (primary N) is 1. The van der Waals surface area contributed by atoms with Crippen LogP contribution < -0.4 is 11.1 Å². The van der Waals surface area contributed by atoms with E-state index in [0.717, 1.165) is 22.4 Å². The second kappa shape index (κ2) is 5.10. The Hall–Kier alpha value is -0.680. The van der Waals surface area contributed by atoms with Crippen LogP contribution in [0.1, 0.15) is 6.42 Å². The van der Waals surface area contributed by atoms with E-state index >= 15 is 0 Å². The zero-order valence-corrected chi connectivity index (χ0v) is 11.1. The molecule has 1 unspecified atom stereocenters. The number of anilines is 2. The van der Waals surface area contributed by atoms with Gasteiger partial charge in [0.1, 0.15) is 0 Å². The van der Waals surface area contributed by atoms with Crippen LogP contribution in [-0.2, 0) is 4.79 Å². The zero-order chi connectivity index (χ0) is 11.5. The number of nitrogen functional groups attached to an aromatic ring is 1. The van der Waals surface area contributed by atoms with Crippen LogP contribution in [0.15, 0.2) is 22.7 Å². The Labute approximate surface area is 107 Å². The zero-order valence-electron chi connectivity index (χ0n) is 8.70. The molecule has 1 heterocycles. The Kier molecular flexibility index (Phi) is 3.76. The minimum atomic E-state index is 0.0824. The highest BCUT2D eigenvalue weighted by Gasteiger charge is 2.23. The van der Waals surface area contributed by atoms with Gasteiger partial charge in [-0.05, 0) is 30.4 Å². The number of hydrogen-bond donors (Lipinski definition) is 2. The molecule has 0 aromatic heterocycles. The number of rotatable bonds is 2. The van der Waals surface area contributed by atoms with Gasteiger partial charge in [0, 0.05) is 16.1 Å². The number of nitrogens with one attached hydrogen (secondary N) is 1. The summed E-state index contributed by atoms with van der Waals surface area (Å²) in [5.41, 5.74) is 7.11. The standard InChI is InChI=1S/C11H13BrN2OS/c12-8-1-2-10(9(13)5-8)14-11(15)7-3-4-16-6-7/h1-2,5,7H,3-4,6,13H2,(H,14,15). The van der Waals surface area contributed by atoms with Crippen molar-refractivity contribution in [3.05, 3.63) is 22.7 Å². The molecule has 1 fully saturated rings. The minimum absolute atomic E-state index is 0.0824. The van der Waals surface area contributed by atoms with Crippen molar-refractivity contribution < 1.29 is 4.79 Å². The molecule has 1 aliphatic heterocycles. The normalized spacial score (nSPS) is 19.7. The first-order chi connectivity index (χ1) is 7.66. The van der Waals surface area contributed by atoms with E-state index in [9.17, 15) is 4.79 Å². The van der Waals surface area contributed by atoms with Crippen LogP contribution in [-0.4, -0.2) is 17.4 Å². The lowest BCUT2D eigenvalue weighted by Gasteiger charge is -2.11. The molecule has 1 aromatic carbocycles. The van der Waals surface area contributed by atoms with E-state index in [2.05, 4.69) is 21.2 Å². The summed E-state index contributed by atoms with van der Waals surface area (Å²) in [6.45, 7) is 0. The second-order valence-electron chi connectivity index (χ2n) is 3.78. The summed E-state index contributed by atoms with van der Waals surface area (Å²) in [5, 5.41) is 2.88. The van der Waals surface area contributed by atoms with Crippen LogP contribution in [0, 0.1) is 5.92 Å². The lowest BCUT2D eigenvalue weighted by atomic mass is 10.1. The molecule has 86 valence electrons. The van der Waals surface area contributed by atoms with E-state index in [1.54, 1.807) is 6.07 Å². The molecular weight excluding hydrogens is 288 g/mol. The fraction of sp³-hybridized carbons (Fsp3) is 0.364. The molecule has 0 radical (unpaired) electrons. The summed E-state index contributed by atoms with van der Waals surface area (Å²) in [4.78, 5) is 11.9. The van der Waals surface area contributed by atoms with E-state index in [-0.39, 0.29) is 11.8 Å². The van der Waals surface area contributed by atoms with E-state index in [0.29, 0.717) is 11.4 Å². The van der Waals surface area contributed by atoms with Gasteiger partial charge >= 0.3 is 0 Å². The molecule has 16 heavy (non-hydrogen) atoms. The largest absolute Gasteiger partial charge is 0.397 e. The summed E-state index contributed by atoms with van der Waals surface area (Å²) in [6.07, 6.45) is 0.965. The first-order valence-electron chi connectivity index (χ1n) is 5.10. The van der Waals surface area contributed by atoms with Gasteiger partial charge in [0.15, 0.2) is 0 Å². The first kappa shape index (κ1) is 11.8. The third-order valence-electron chi connectivity index (χ3n) is 2.57. The maximum Gasteiger partial charge on any atom is 0.228 e. The maximum absolute atomic E-state index is 11.9. The average Bonchev–Trinajstić information content (AvgIpc) is 2.75. The van der Waals surface area contributed by atoms with Crippen molar-refractivity contribution in [3.8, 4) is 0 Å². The molecule has 1 aliphatic rings. The van der Waals surface area contributed by atoms with Gasteiger partial charge in [-0.15, -0.1) is 0 Å². The third-order valence-corrected chi connectivity index (χ3v) is 4.23. The van der Waals surface area contributed by atoms with E-state index in [1.165, 1.54) is 0 Å². The van der Waals surface area contributed by atoms with Gasteiger partial charge in [-0.25, -0.2) is 0 Å². The fourth-order valence-electron chi connectivity index (χ4n) is 1.62. The van der Waals surface area contributed by atoms with Crippen molar-refractivity contribution in [1.29, 1.82) is 0 Å².